The molecule has 0 bridgehead atoms. The van der Waals surface area contributed by atoms with Gasteiger partial charge in [0.15, 0.2) is 0 Å². The number of rotatable bonds is 6. The van der Waals surface area contributed by atoms with Crippen molar-refractivity contribution in [1.82, 2.24) is 10.3 Å². The van der Waals surface area contributed by atoms with Gasteiger partial charge in [0.2, 0.25) is 5.91 Å². The smallest absolute Gasteiger partial charge is 0.220 e. The van der Waals surface area contributed by atoms with Crippen LogP contribution < -0.4 is 11.1 Å². The first-order valence-electron chi connectivity index (χ1n) is 5.08. The van der Waals surface area contributed by atoms with Gasteiger partial charge in [-0.05, 0) is 19.8 Å². The van der Waals surface area contributed by atoms with Crippen LogP contribution in [0.3, 0.4) is 0 Å². The first-order chi connectivity index (χ1) is 7.18. The van der Waals surface area contributed by atoms with Gasteiger partial charge >= 0.3 is 0 Å². The largest absolute Gasteiger partial charge is 0.356 e. The van der Waals surface area contributed by atoms with E-state index in [0.717, 1.165) is 12.1 Å². The first kappa shape index (κ1) is 12.1. The number of nitrogens with two attached hydrogens (primary N) is 1. The summed E-state index contributed by atoms with van der Waals surface area (Å²) in [6, 6.07) is 0.142. The molecule has 1 atom stereocenters. The zero-order valence-electron chi connectivity index (χ0n) is 8.90. The molecule has 1 aromatic rings. The number of hydrogen-bond acceptors (Lipinski definition) is 4. The van der Waals surface area contributed by atoms with Crippen LogP contribution in [-0.2, 0) is 11.2 Å². The Morgan fingerprint density at radius 3 is 3.13 bits per heavy atom. The van der Waals surface area contributed by atoms with Crippen molar-refractivity contribution >= 4 is 17.2 Å². The van der Waals surface area contributed by atoms with Crippen molar-refractivity contribution in [2.45, 2.75) is 32.2 Å². The molecule has 0 fully saturated rings. The van der Waals surface area contributed by atoms with Gasteiger partial charge in [-0.1, -0.05) is 0 Å². The Kier molecular flexibility index (Phi) is 5.28. The van der Waals surface area contributed by atoms with E-state index in [9.17, 15) is 4.79 Å². The van der Waals surface area contributed by atoms with Crippen LogP contribution in [0.4, 0.5) is 0 Å². The number of carbonyl (C=O) groups is 1. The molecule has 5 heteroatoms. The van der Waals surface area contributed by atoms with E-state index in [-0.39, 0.29) is 11.9 Å². The fourth-order valence-electron chi connectivity index (χ4n) is 1.13. The molecule has 0 saturated carbocycles. The van der Waals surface area contributed by atoms with Crippen LogP contribution in [0.2, 0.25) is 0 Å². The van der Waals surface area contributed by atoms with Gasteiger partial charge in [0.05, 0.1) is 11.2 Å². The van der Waals surface area contributed by atoms with Gasteiger partial charge in [-0.2, -0.15) is 0 Å². The summed E-state index contributed by atoms with van der Waals surface area (Å²) in [5.41, 5.74) is 8.34. The lowest BCUT2D eigenvalue weighted by Gasteiger charge is -2.06. The second-order valence-corrected chi connectivity index (χ2v) is 4.31. The average Bonchev–Trinajstić information content (AvgIpc) is 2.66. The first-order valence-corrected chi connectivity index (χ1v) is 6.02. The molecule has 0 saturated heterocycles. The van der Waals surface area contributed by atoms with Crippen molar-refractivity contribution in [3.63, 3.8) is 0 Å². The van der Waals surface area contributed by atoms with E-state index in [1.807, 2.05) is 12.3 Å². The molecule has 0 spiro atoms. The molecule has 3 N–H and O–H groups in total. The highest BCUT2D eigenvalue weighted by atomic mass is 32.1. The number of aryl methyl sites for hydroxylation is 1. The summed E-state index contributed by atoms with van der Waals surface area (Å²) < 4.78 is 0. The molecule has 0 aliphatic heterocycles. The van der Waals surface area contributed by atoms with Crippen LogP contribution in [-0.4, -0.2) is 23.5 Å². The topological polar surface area (TPSA) is 68.0 Å². The Hall–Kier alpha value is -0.940. The Bertz CT molecular complexity index is 285. The molecule has 4 nitrogen and oxygen atoms in total. The predicted molar refractivity (Wildman–Crippen MR) is 61.7 cm³/mol. The van der Waals surface area contributed by atoms with Crippen molar-refractivity contribution in [1.29, 1.82) is 0 Å². The lowest BCUT2D eigenvalue weighted by atomic mass is 10.2. The van der Waals surface area contributed by atoms with Crippen LogP contribution in [0.5, 0.6) is 0 Å². The fraction of sp³-hybridized carbons (Fsp3) is 0.600. The van der Waals surface area contributed by atoms with Gasteiger partial charge in [0, 0.05) is 24.4 Å². The molecule has 0 aliphatic rings. The Labute approximate surface area is 93.9 Å². The number of carbonyl (C=O) groups excluding carboxylic acids is 1. The van der Waals surface area contributed by atoms with Crippen molar-refractivity contribution in [2.75, 3.05) is 6.54 Å². The minimum atomic E-state index is 0.0728. The number of aromatic nitrogens is 1. The monoisotopic (exact) mass is 227 g/mol. The highest BCUT2D eigenvalue weighted by molar-refractivity contribution is 7.07. The minimum absolute atomic E-state index is 0.0728. The molecule has 1 unspecified atom stereocenters. The molecule has 1 amide bonds. The van der Waals surface area contributed by atoms with E-state index in [0.29, 0.717) is 19.4 Å². The van der Waals surface area contributed by atoms with Crippen molar-refractivity contribution in [3.8, 4) is 0 Å². The summed E-state index contributed by atoms with van der Waals surface area (Å²) in [7, 11) is 0. The van der Waals surface area contributed by atoms with Gasteiger partial charge in [-0.25, -0.2) is 4.98 Å². The van der Waals surface area contributed by atoms with Gasteiger partial charge in [0.25, 0.3) is 0 Å². The SMILES string of the molecule is CC(N)CCNC(=O)CCc1cscn1. The van der Waals surface area contributed by atoms with E-state index in [4.69, 9.17) is 5.73 Å². The van der Waals surface area contributed by atoms with Crippen LogP contribution >= 0.6 is 11.3 Å². The Balaban J connectivity index is 2.09. The maximum Gasteiger partial charge on any atom is 0.220 e. The van der Waals surface area contributed by atoms with E-state index >= 15 is 0 Å². The van der Waals surface area contributed by atoms with E-state index < -0.39 is 0 Å². The third-order valence-corrected chi connectivity index (χ3v) is 2.65. The van der Waals surface area contributed by atoms with Crippen molar-refractivity contribution in [3.05, 3.63) is 16.6 Å². The quantitative estimate of drug-likeness (QED) is 0.759. The summed E-state index contributed by atoms with van der Waals surface area (Å²) in [6.45, 7) is 2.59. The molecule has 15 heavy (non-hydrogen) atoms. The predicted octanol–water partition coefficient (Wildman–Crippen LogP) is 0.929. The third kappa shape index (κ3) is 5.49. The molecule has 0 radical (unpaired) electrons. The van der Waals surface area contributed by atoms with Crippen molar-refractivity contribution in [2.24, 2.45) is 5.73 Å². The number of nitrogens with one attached hydrogen (secondary N) is 1. The lowest BCUT2D eigenvalue weighted by Crippen LogP contribution is -2.29. The van der Waals surface area contributed by atoms with E-state index in [1.54, 1.807) is 16.8 Å². The number of thiazole rings is 1. The molecule has 1 aromatic heterocycles. The van der Waals surface area contributed by atoms with Crippen LogP contribution in [0.1, 0.15) is 25.5 Å². The maximum atomic E-state index is 11.3. The number of amides is 1. The molecule has 84 valence electrons. The fourth-order valence-corrected chi connectivity index (χ4v) is 1.72. The summed E-state index contributed by atoms with van der Waals surface area (Å²) in [5.74, 6) is 0.0728. The molecular formula is C10H17N3OS. The average molecular weight is 227 g/mol. The summed E-state index contributed by atoms with van der Waals surface area (Å²) in [6.07, 6.45) is 2.04. The molecule has 0 aliphatic carbocycles. The molecule has 1 rings (SSSR count). The highest BCUT2D eigenvalue weighted by Crippen LogP contribution is 2.03. The van der Waals surface area contributed by atoms with E-state index in [1.165, 1.54) is 0 Å². The van der Waals surface area contributed by atoms with Gasteiger partial charge in [-0.3, -0.25) is 4.79 Å². The minimum Gasteiger partial charge on any atom is -0.356 e. The normalized spacial score (nSPS) is 12.4. The standard InChI is InChI=1S/C10H17N3OS/c1-8(11)4-5-12-10(14)3-2-9-6-15-7-13-9/h6-8H,2-5,11H2,1H3,(H,12,14). The molecule has 0 aromatic carbocycles. The van der Waals surface area contributed by atoms with E-state index in [2.05, 4.69) is 10.3 Å². The number of hydrogen-bond donors (Lipinski definition) is 2. The zero-order chi connectivity index (χ0) is 11.1. The summed E-state index contributed by atoms with van der Waals surface area (Å²) in [5, 5.41) is 4.80. The van der Waals surface area contributed by atoms with Crippen LogP contribution in [0.15, 0.2) is 10.9 Å². The second kappa shape index (κ2) is 6.53. The second-order valence-electron chi connectivity index (χ2n) is 3.60. The lowest BCUT2D eigenvalue weighted by molar-refractivity contribution is -0.121. The zero-order valence-corrected chi connectivity index (χ0v) is 9.72. The highest BCUT2D eigenvalue weighted by Gasteiger charge is 2.03. The summed E-state index contributed by atoms with van der Waals surface area (Å²) in [4.78, 5) is 15.5. The molecule has 1 heterocycles. The van der Waals surface area contributed by atoms with Crippen LogP contribution in [0, 0.1) is 0 Å². The van der Waals surface area contributed by atoms with Gasteiger partial charge < -0.3 is 11.1 Å². The molecular weight excluding hydrogens is 210 g/mol. The van der Waals surface area contributed by atoms with Crippen molar-refractivity contribution < 1.29 is 4.79 Å². The van der Waals surface area contributed by atoms with Gasteiger partial charge in [0.1, 0.15) is 0 Å². The Morgan fingerprint density at radius 1 is 1.73 bits per heavy atom. The Morgan fingerprint density at radius 2 is 2.53 bits per heavy atom. The summed E-state index contributed by atoms with van der Waals surface area (Å²) >= 11 is 1.55. The third-order valence-electron chi connectivity index (χ3n) is 2.01. The maximum absolute atomic E-state index is 11.3. The van der Waals surface area contributed by atoms with Crippen LogP contribution in [0.25, 0.3) is 0 Å². The number of nitrogens with zero attached hydrogens (tertiary/aromatic N) is 1. The van der Waals surface area contributed by atoms with Gasteiger partial charge in [-0.15, -0.1) is 11.3 Å².